The Morgan fingerprint density at radius 1 is 1.19 bits per heavy atom. The molecule has 0 bridgehead atoms. The van der Waals surface area contributed by atoms with Gasteiger partial charge in [0, 0.05) is 24.0 Å². The lowest BCUT2D eigenvalue weighted by atomic mass is 10.1. The molecule has 1 aliphatic heterocycles. The van der Waals surface area contributed by atoms with Gasteiger partial charge in [-0.25, -0.2) is 9.97 Å². The number of hydrogen-bond donors (Lipinski definition) is 3. The maximum atomic E-state index is 6.37. The number of hydrogen-bond acceptors (Lipinski definition) is 9. The van der Waals surface area contributed by atoms with E-state index in [1.54, 1.807) is 12.3 Å². The molecule has 9 nitrogen and oxygen atoms in total. The average Bonchev–Trinajstić information content (AvgIpc) is 2.83. The van der Waals surface area contributed by atoms with Crippen LogP contribution in [0.2, 0.25) is 10.0 Å². The molecule has 32 heavy (non-hydrogen) atoms. The molecule has 2 aromatic rings. The highest BCUT2D eigenvalue weighted by Crippen LogP contribution is 2.40. The van der Waals surface area contributed by atoms with Gasteiger partial charge in [-0.3, -0.25) is 4.99 Å². The third-order valence-corrected chi connectivity index (χ3v) is 5.67. The number of piperidine rings is 1. The van der Waals surface area contributed by atoms with Crippen molar-refractivity contribution in [3.8, 4) is 17.2 Å². The van der Waals surface area contributed by atoms with E-state index in [-0.39, 0.29) is 6.61 Å². The van der Waals surface area contributed by atoms with Crippen LogP contribution in [-0.4, -0.2) is 49.5 Å². The summed E-state index contributed by atoms with van der Waals surface area (Å²) in [5, 5.41) is 7.05. The minimum atomic E-state index is 0.0816. The highest BCUT2D eigenvalue weighted by atomic mass is 35.5. The van der Waals surface area contributed by atoms with Gasteiger partial charge in [0.2, 0.25) is 5.95 Å². The molecular weight excluding hydrogens is 455 g/mol. The van der Waals surface area contributed by atoms with Gasteiger partial charge in [0.1, 0.15) is 18.1 Å². The van der Waals surface area contributed by atoms with Crippen LogP contribution in [0.25, 0.3) is 0 Å². The number of ether oxygens (including phenoxy) is 3. The van der Waals surface area contributed by atoms with E-state index in [0.717, 1.165) is 25.9 Å². The lowest BCUT2D eigenvalue weighted by Gasteiger charge is -2.18. The van der Waals surface area contributed by atoms with Crippen LogP contribution in [-0.2, 0) is 6.61 Å². The second-order valence-corrected chi connectivity index (χ2v) is 7.68. The summed E-state index contributed by atoms with van der Waals surface area (Å²) in [7, 11) is 3.03. The van der Waals surface area contributed by atoms with Crippen molar-refractivity contribution in [1.29, 1.82) is 0 Å². The first-order chi connectivity index (χ1) is 15.5. The maximum Gasteiger partial charge on any atom is 0.227 e. The molecule has 0 radical (unpaired) electrons. The Hall–Kier alpha value is -2.75. The normalized spacial score (nSPS) is 15.1. The van der Waals surface area contributed by atoms with Crippen LogP contribution >= 0.6 is 23.2 Å². The highest BCUT2D eigenvalue weighted by Gasteiger charge is 2.18. The zero-order valence-corrected chi connectivity index (χ0v) is 19.4. The molecule has 3 rings (SSSR count). The monoisotopic (exact) mass is 480 g/mol. The number of allylic oxidation sites excluding steroid dienone is 1. The van der Waals surface area contributed by atoms with E-state index in [2.05, 4.69) is 25.6 Å². The Morgan fingerprint density at radius 3 is 2.38 bits per heavy atom. The number of anilines is 1. The Kier molecular flexibility index (Phi) is 8.78. The predicted octanol–water partition coefficient (Wildman–Crippen LogP) is 3.41. The molecule has 0 atom stereocenters. The van der Waals surface area contributed by atoms with Crippen LogP contribution in [0.1, 0.15) is 18.4 Å². The molecule has 0 aliphatic carbocycles. The lowest BCUT2D eigenvalue weighted by Crippen LogP contribution is -2.30. The molecule has 1 aromatic carbocycles. The Morgan fingerprint density at radius 2 is 1.81 bits per heavy atom. The summed E-state index contributed by atoms with van der Waals surface area (Å²) in [6.07, 6.45) is 8.22. The van der Waals surface area contributed by atoms with Gasteiger partial charge in [0.25, 0.3) is 0 Å². The fourth-order valence-electron chi connectivity index (χ4n) is 3.06. The van der Waals surface area contributed by atoms with Crippen molar-refractivity contribution in [3.63, 3.8) is 0 Å². The highest BCUT2D eigenvalue weighted by molar-refractivity contribution is 6.37. The number of benzene rings is 1. The van der Waals surface area contributed by atoms with Crippen LogP contribution in [0.3, 0.4) is 0 Å². The molecule has 4 N–H and O–H groups in total. The molecule has 1 saturated heterocycles. The lowest BCUT2D eigenvalue weighted by molar-refractivity contribution is 0.301. The van der Waals surface area contributed by atoms with E-state index in [0.29, 0.717) is 50.5 Å². The summed E-state index contributed by atoms with van der Waals surface area (Å²) >= 11 is 12.7. The molecule has 1 fully saturated rings. The van der Waals surface area contributed by atoms with Crippen molar-refractivity contribution in [3.05, 3.63) is 46.0 Å². The van der Waals surface area contributed by atoms with Gasteiger partial charge in [0.05, 0.1) is 48.4 Å². The van der Waals surface area contributed by atoms with Crippen LogP contribution in [0.4, 0.5) is 5.95 Å². The summed E-state index contributed by atoms with van der Waals surface area (Å²) in [4.78, 5) is 13.1. The third kappa shape index (κ3) is 6.15. The second kappa shape index (κ2) is 11.8. The quantitative estimate of drug-likeness (QED) is 0.467. The molecule has 172 valence electrons. The molecule has 0 spiro atoms. The van der Waals surface area contributed by atoms with Crippen LogP contribution in [0.5, 0.6) is 17.2 Å². The number of aromatic nitrogens is 2. The van der Waals surface area contributed by atoms with Crippen LogP contribution in [0, 0.1) is 0 Å². The Bertz CT molecular complexity index is 935. The van der Waals surface area contributed by atoms with E-state index in [1.807, 2.05) is 0 Å². The fourth-order valence-corrected chi connectivity index (χ4v) is 3.67. The molecule has 0 unspecified atom stereocenters. The Labute approximate surface area is 197 Å². The topological polar surface area (TPSA) is 116 Å². The van der Waals surface area contributed by atoms with Gasteiger partial charge in [-0.05, 0) is 25.9 Å². The first-order valence-electron chi connectivity index (χ1n) is 10.0. The van der Waals surface area contributed by atoms with Crippen molar-refractivity contribution in [1.82, 2.24) is 15.3 Å². The van der Waals surface area contributed by atoms with Gasteiger partial charge in [0.15, 0.2) is 5.75 Å². The van der Waals surface area contributed by atoms with Gasteiger partial charge in [-0.15, -0.1) is 0 Å². The maximum absolute atomic E-state index is 6.37. The van der Waals surface area contributed by atoms with E-state index in [9.17, 15) is 0 Å². The summed E-state index contributed by atoms with van der Waals surface area (Å²) in [6.45, 7) is 2.03. The van der Waals surface area contributed by atoms with E-state index in [4.69, 9.17) is 43.1 Å². The molecule has 1 aliphatic rings. The largest absolute Gasteiger partial charge is 0.495 e. The van der Waals surface area contributed by atoms with Crippen molar-refractivity contribution in [2.24, 2.45) is 10.7 Å². The number of methoxy groups -OCH3 is 2. The minimum Gasteiger partial charge on any atom is -0.495 e. The summed E-state index contributed by atoms with van der Waals surface area (Å²) in [5.74, 6) is 1.68. The first-order valence-corrected chi connectivity index (χ1v) is 10.8. The van der Waals surface area contributed by atoms with E-state index >= 15 is 0 Å². The SMILES string of the molecule is COc1cc(OC)c(Cl)c(COc2cnc(N/C(C=NC3CCNCC3)=C/N)nc2)c1Cl. The predicted molar refractivity (Wildman–Crippen MR) is 126 cm³/mol. The molecule has 2 heterocycles. The van der Waals surface area contributed by atoms with Gasteiger partial charge >= 0.3 is 0 Å². The number of halogens is 2. The van der Waals surface area contributed by atoms with Gasteiger partial charge < -0.3 is 30.6 Å². The molecule has 0 saturated carbocycles. The van der Waals surface area contributed by atoms with Crippen LogP contribution < -0.4 is 30.6 Å². The van der Waals surface area contributed by atoms with Crippen molar-refractivity contribution in [2.45, 2.75) is 25.5 Å². The standard InChI is InChI=1S/C21H26Cl2N6O3/c1-30-17-7-18(31-2)20(23)16(19(17)22)12-32-15-10-27-21(28-11-15)29-14(8-24)9-26-13-3-5-25-6-4-13/h7-11,13,25H,3-6,12,24H2,1-2H3,(H,27,28,29)/b14-8+,26-9?. The third-order valence-electron chi connectivity index (χ3n) is 4.84. The summed E-state index contributed by atoms with van der Waals surface area (Å²) < 4.78 is 16.3. The Balaban J connectivity index is 1.62. The number of nitrogens with zero attached hydrogens (tertiary/aromatic N) is 3. The number of nitrogens with two attached hydrogens (primary N) is 1. The number of nitrogens with one attached hydrogen (secondary N) is 2. The van der Waals surface area contributed by atoms with Crippen LogP contribution in [0.15, 0.2) is 35.3 Å². The molecule has 1 aromatic heterocycles. The fraction of sp³-hybridized carbons (Fsp3) is 0.381. The zero-order valence-electron chi connectivity index (χ0n) is 17.9. The van der Waals surface area contributed by atoms with E-state index in [1.165, 1.54) is 32.8 Å². The molecule has 11 heteroatoms. The second-order valence-electron chi connectivity index (χ2n) is 6.93. The summed E-state index contributed by atoms with van der Waals surface area (Å²) in [5.41, 5.74) is 6.85. The van der Waals surface area contributed by atoms with E-state index < -0.39 is 0 Å². The van der Waals surface area contributed by atoms with Gasteiger partial charge in [-0.1, -0.05) is 23.2 Å². The zero-order chi connectivity index (χ0) is 22.9. The minimum absolute atomic E-state index is 0.0816. The first kappa shape index (κ1) is 23.9. The smallest absolute Gasteiger partial charge is 0.227 e. The average molecular weight is 481 g/mol. The van der Waals surface area contributed by atoms with Gasteiger partial charge in [-0.2, -0.15) is 0 Å². The summed E-state index contributed by atoms with van der Waals surface area (Å²) in [6, 6.07) is 1.91. The molecular formula is C21H26Cl2N6O3. The molecule has 0 amide bonds. The number of rotatable bonds is 9. The van der Waals surface area contributed by atoms with Crippen molar-refractivity contribution in [2.75, 3.05) is 32.6 Å². The number of aliphatic imine (C=N–C) groups is 1. The van der Waals surface area contributed by atoms with Crippen molar-refractivity contribution >= 4 is 35.4 Å². The van der Waals surface area contributed by atoms with Crippen molar-refractivity contribution < 1.29 is 14.2 Å².